The third-order valence-electron chi connectivity index (χ3n) is 3.45. The third kappa shape index (κ3) is 2.74. The number of methoxy groups -OCH3 is 1. The molecule has 0 spiro atoms. The number of fused-ring (bicyclic) bond motifs is 1. The Labute approximate surface area is 123 Å². The molecular formula is C17H16N2O2. The van der Waals surface area contributed by atoms with Gasteiger partial charge in [-0.05, 0) is 29.7 Å². The number of rotatable bonds is 4. The van der Waals surface area contributed by atoms with E-state index in [4.69, 9.17) is 4.74 Å². The number of nitrogens with one attached hydrogen (secondary N) is 1. The van der Waals surface area contributed by atoms with Crippen LogP contribution in [0.15, 0.2) is 54.9 Å². The summed E-state index contributed by atoms with van der Waals surface area (Å²) in [5, 5.41) is 15.5. The zero-order valence-corrected chi connectivity index (χ0v) is 11.7. The van der Waals surface area contributed by atoms with Gasteiger partial charge < -0.3 is 15.2 Å². The summed E-state index contributed by atoms with van der Waals surface area (Å²) in [6.45, 7) is 0.532. The van der Waals surface area contributed by atoms with Crippen LogP contribution in [-0.4, -0.2) is 17.2 Å². The van der Waals surface area contributed by atoms with E-state index < -0.39 is 0 Å². The van der Waals surface area contributed by atoms with E-state index in [-0.39, 0.29) is 5.75 Å². The van der Waals surface area contributed by atoms with Crippen molar-refractivity contribution in [2.45, 2.75) is 6.54 Å². The molecule has 0 aliphatic rings. The van der Waals surface area contributed by atoms with Gasteiger partial charge in [-0.3, -0.25) is 4.98 Å². The molecule has 0 fully saturated rings. The van der Waals surface area contributed by atoms with E-state index in [1.54, 1.807) is 19.4 Å². The second kappa shape index (κ2) is 5.71. The third-order valence-corrected chi connectivity index (χ3v) is 3.45. The fourth-order valence-corrected chi connectivity index (χ4v) is 2.28. The van der Waals surface area contributed by atoms with Gasteiger partial charge in [-0.2, -0.15) is 0 Å². The van der Waals surface area contributed by atoms with Gasteiger partial charge in [0.15, 0.2) is 0 Å². The van der Waals surface area contributed by atoms with Crippen LogP contribution in [0.25, 0.3) is 10.8 Å². The van der Waals surface area contributed by atoms with Gasteiger partial charge in [0.2, 0.25) is 0 Å². The predicted octanol–water partition coefficient (Wildman–Crippen LogP) is 3.56. The maximum Gasteiger partial charge on any atom is 0.124 e. The average Bonchev–Trinajstić information content (AvgIpc) is 2.53. The van der Waals surface area contributed by atoms with Crippen LogP contribution in [0.3, 0.4) is 0 Å². The van der Waals surface area contributed by atoms with Gasteiger partial charge in [-0.15, -0.1) is 0 Å². The summed E-state index contributed by atoms with van der Waals surface area (Å²) < 4.78 is 5.08. The van der Waals surface area contributed by atoms with Crippen LogP contribution in [0.1, 0.15) is 5.56 Å². The minimum Gasteiger partial charge on any atom is -0.507 e. The fraction of sp³-hybridized carbons (Fsp3) is 0.118. The minimum atomic E-state index is 0.222. The first-order valence-electron chi connectivity index (χ1n) is 6.70. The lowest BCUT2D eigenvalue weighted by Crippen LogP contribution is -2.00. The standard InChI is InChI=1S/C17H16N2O2/c1-21-14-6-5-13(17(20)9-14)10-19-16-4-2-3-12-7-8-18-11-15(12)16/h2-9,11,19-20H,10H2,1H3. The molecule has 106 valence electrons. The van der Waals surface area contributed by atoms with Crippen LogP contribution in [-0.2, 0) is 6.54 Å². The van der Waals surface area contributed by atoms with Gasteiger partial charge in [0, 0.05) is 41.6 Å². The second-order valence-corrected chi connectivity index (χ2v) is 4.75. The normalized spacial score (nSPS) is 10.5. The Bertz CT molecular complexity index is 766. The fourth-order valence-electron chi connectivity index (χ4n) is 2.28. The smallest absolute Gasteiger partial charge is 0.124 e. The molecule has 21 heavy (non-hydrogen) atoms. The highest BCUT2D eigenvalue weighted by atomic mass is 16.5. The monoisotopic (exact) mass is 280 g/mol. The number of nitrogens with zero attached hydrogens (tertiary/aromatic N) is 1. The quantitative estimate of drug-likeness (QED) is 0.767. The number of hydrogen-bond donors (Lipinski definition) is 2. The number of anilines is 1. The highest BCUT2D eigenvalue weighted by Gasteiger charge is 2.05. The first kappa shape index (κ1) is 13.2. The van der Waals surface area contributed by atoms with Crippen molar-refractivity contribution in [2.24, 2.45) is 0 Å². The number of aromatic hydroxyl groups is 1. The van der Waals surface area contributed by atoms with E-state index in [0.29, 0.717) is 12.3 Å². The summed E-state index contributed by atoms with van der Waals surface area (Å²) in [5.74, 6) is 0.867. The molecule has 1 heterocycles. The number of hydrogen-bond acceptors (Lipinski definition) is 4. The second-order valence-electron chi connectivity index (χ2n) is 4.75. The lowest BCUT2D eigenvalue weighted by atomic mass is 10.1. The molecule has 4 heteroatoms. The van der Waals surface area contributed by atoms with Crippen molar-refractivity contribution >= 4 is 16.5 Å². The largest absolute Gasteiger partial charge is 0.507 e. The molecule has 0 unspecified atom stereocenters. The molecule has 0 aliphatic carbocycles. The van der Waals surface area contributed by atoms with Gasteiger partial charge in [0.25, 0.3) is 0 Å². The molecule has 0 amide bonds. The van der Waals surface area contributed by atoms with Crippen LogP contribution in [0.5, 0.6) is 11.5 Å². The summed E-state index contributed by atoms with van der Waals surface area (Å²) in [4.78, 5) is 4.16. The van der Waals surface area contributed by atoms with Crippen molar-refractivity contribution in [3.63, 3.8) is 0 Å². The Hall–Kier alpha value is -2.75. The zero-order valence-electron chi connectivity index (χ0n) is 11.7. The van der Waals surface area contributed by atoms with Crippen LogP contribution in [0.2, 0.25) is 0 Å². The average molecular weight is 280 g/mol. The van der Waals surface area contributed by atoms with Crippen molar-refractivity contribution in [3.05, 3.63) is 60.4 Å². The van der Waals surface area contributed by atoms with E-state index in [2.05, 4.69) is 10.3 Å². The van der Waals surface area contributed by atoms with Crippen molar-refractivity contribution < 1.29 is 9.84 Å². The number of aromatic nitrogens is 1. The highest BCUT2D eigenvalue weighted by molar-refractivity contribution is 5.93. The molecule has 1 aromatic heterocycles. The van der Waals surface area contributed by atoms with E-state index in [9.17, 15) is 5.11 Å². The molecule has 0 bridgehead atoms. The summed E-state index contributed by atoms with van der Waals surface area (Å²) in [6, 6.07) is 13.3. The topological polar surface area (TPSA) is 54.4 Å². The molecule has 3 rings (SSSR count). The van der Waals surface area contributed by atoms with Gasteiger partial charge in [-0.1, -0.05) is 12.1 Å². The van der Waals surface area contributed by atoms with Crippen LogP contribution >= 0.6 is 0 Å². The van der Waals surface area contributed by atoms with Crippen molar-refractivity contribution in [1.82, 2.24) is 4.98 Å². The molecule has 0 radical (unpaired) electrons. The van der Waals surface area contributed by atoms with Gasteiger partial charge in [0.05, 0.1) is 7.11 Å². The number of phenolic OH excluding ortho intramolecular Hbond substituents is 1. The SMILES string of the molecule is COc1ccc(CNc2cccc3ccncc23)c(O)c1. The first-order chi connectivity index (χ1) is 10.3. The molecule has 3 aromatic rings. The number of phenols is 1. The van der Waals surface area contributed by atoms with E-state index >= 15 is 0 Å². The van der Waals surface area contributed by atoms with Crippen LogP contribution < -0.4 is 10.1 Å². The van der Waals surface area contributed by atoms with Gasteiger partial charge in [0.1, 0.15) is 11.5 Å². The summed E-state index contributed by atoms with van der Waals surface area (Å²) in [6.07, 6.45) is 3.62. The number of pyridine rings is 1. The zero-order chi connectivity index (χ0) is 14.7. The van der Waals surface area contributed by atoms with E-state index in [0.717, 1.165) is 22.0 Å². The molecule has 0 aliphatic heterocycles. The highest BCUT2D eigenvalue weighted by Crippen LogP contribution is 2.26. The Kier molecular flexibility index (Phi) is 3.60. The Morgan fingerprint density at radius 3 is 2.90 bits per heavy atom. The molecule has 0 atom stereocenters. The maximum atomic E-state index is 9.98. The van der Waals surface area contributed by atoms with Gasteiger partial charge >= 0.3 is 0 Å². The molecule has 2 N–H and O–H groups in total. The van der Waals surface area contributed by atoms with E-state index in [1.165, 1.54) is 0 Å². The molecule has 4 nitrogen and oxygen atoms in total. The molecule has 0 saturated heterocycles. The van der Waals surface area contributed by atoms with Crippen molar-refractivity contribution in [3.8, 4) is 11.5 Å². The molecule has 2 aromatic carbocycles. The van der Waals surface area contributed by atoms with Crippen LogP contribution in [0.4, 0.5) is 5.69 Å². The number of ether oxygens (including phenoxy) is 1. The van der Waals surface area contributed by atoms with Crippen molar-refractivity contribution in [1.29, 1.82) is 0 Å². The molecule has 0 saturated carbocycles. The van der Waals surface area contributed by atoms with Crippen molar-refractivity contribution in [2.75, 3.05) is 12.4 Å². The van der Waals surface area contributed by atoms with Crippen LogP contribution in [0, 0.1) is 0 Å². The number of benzene rings is 2. The van der Waals surface area contributed by atoms with Gasteiger partial charge in [-0.25, -0.2) is 0 Å². The van der Waals surface area contributed by atoms with E-state index in [1.807, 2.05) is 42.6 Å². The lowest BCUT2D eigenvalue weighted by molar-refractivity contribution is 0.406. The molecular weight excluding hydrogens is 264 g/mol. The first-order valence-corrected chi connectivity index (χ1v) is 6.70. The summed E-state index contributed by atoms with van der Waals surface area (Å²) >= 11 is 0. The Morgan fingerprint density at radius 1 is 1.19 bits per heavy atom. The Balaban J connectivity index is 1.84. The lowest BCUT2D eigenvalue weighted by Gasteiger charge is -2.11. The summed E-state index contributed by atoms with van der Waals surface area (Å²) in [5.41, 5.74) is 1.81. The minimum absolute atomic E-state index is 0.222. The predicted molar refractivity (Wildman–Crippen MR) is 83.7 cm³/mol. The summed E-state index contributed by atoms with van der Waals surface area (Å²) in [7, 11) is 1.58. The Morgan fingerprint density at radius 2 is 2.10 bits per heavy atom. The maximum absolute atomic E-state index is 9.98.